The summed E-state index contributed by atoms with van der Waals surface area (Å²) < 4.78 is 0. The van der Waals surface area contributed by atoms with Gasteiger partial charge in [-0.1, -0.05) is 69.8 Å². The molecule has 0 radical (unpaired) electrons. The molecular formula is C20H31N. The third-order valence-corrected chi connectivity index (χ3v) is 4.12. The highest BCUT2D eigenvalue weighted by Crippen LogP contribution is 2.25. The molecular weight excluding hydrogens is 254 g/mol. The Morgan fingerprint density at radius 2 is 1.76 bits per heavy atom. The standard InChI is InChI=1S/C20H31N/c1-7-14-21(20(8-2)16(3)4)18(6)17(5)15-19-12-10-9-11-13-19/h9-13,17,20H,3,6-8,14-15H2,1-2,4-5H3. The molecule has 0 aromatic heterocycles. The Balaban J connectivity index is 2.82. The molecule has 1 aromatic carbocycles. The summed E-state index contributed by atoms with van der Waals surface area (Å²) in [5.41, 5.74) is 3.86. The van der Waals surface area contributed by atoms with Gasteiger partial charge in [0.2, 0.25) is 0 Å². The van der Waals surface area contributed by atoms with Crippen molar-refractivity contribution in [3.63, 3.8) is 0 Å². The normalized spacial score (nSPS) is 13.5. The molecule has 0 aliphatic carbocycles. The molecule has 1 nitrogen and oxygen atoms in total. The van der Waals surface area contributed by atoms with E-state index in [-0.39, 0.29) is 0 Å². The van der Waals surface area contributed by atoms with Crippen LogP contribution in [0.25, 0.3) is 0 Å². The van der Waals surface area contributed by atoms with Gasteiger partial charge in [0.1, 0.15) is 0 Å². The van der Waals surface area contributed by atoms with E-state index in [1.807, 2.05) is 0 Å². The van der Waals surface area contributed by atoms with Gasteiger partial charge in [0.25, 0.3) is 0 Å². The zero-order chi connectivity index (χ0) is 15.8. The molecule has 21 heavy (non-hydrogen) atoms. The SMILES string of the molecule is C=C(C)C(CC)N(CCC)C(=C)C(C)Cc1ccccc1. The van der Waals surface area contributed by atoms with Crippen molar-refractivity contribution < 1.29 is 0 Å². The fourth-order valence-electron chi connectivity index (χ4n) is 2.94. The average Bonchev–Trinajstić information content (AvgIpc) is 2.47. The molecule has 0 bridgehead atoms. The number of hydrogen-bond acceptors (Lipinski definition) is 1. The van der Waals surface area contributed by atoms with Gasteiger partial charge in [0.15, 0.2) is 0 Å². The molecule has 0 N–H and O–H groups in total. The Morgan fingerprint density at radius 1 is 1.14 bits per heavy atom. The number of benzene rings is 1. The zero-order valence-corrected chi connectivity index (χ0v) is 14.2. The Morgan fingerprint density at radius 3 is 2.24 bits per heavy atom. The van der Waals surface area contributed by atoms with E-state index in [1.54, 1.807) is 0 Å². The van der Waals surface area contributed by atoms with E-state index in [0.717, 1.165) is 25.8 Å². The van der Waals surface area contributed by atoms with Crippen LogP contribution >= 0.6 is 0 Å². The minimum absolute atomic E-state index is 0.413. The lowest BCUT2D eigenvalue weighted by atomic mass is 9.95. The molecule has 1 rings (SSSR count). The van der Waals surface area contributed by atoms with E-state index in [4.69, 9.17) is 0 Å². The Hall–Kier alpha value is -1.50. The lowest BCUT2D eigenvalue weighted by Crippen LogP contribution is -2.37. The third-order valence-electron chi connectivity index (χ3n) is 4.12. The van der Waals surface area contributed by atoms with E-state index < -0.39 is 0 Å². The van der Waals surface area contributed by atoms with E-state index in [9.17, 15) is 0 Å². The molecule has 0 aliphatic heterocycles. The lowest BCUT2D eigenvalue weighted by Gasteiger charge is -2.37. The van der Waals surface area contributed by atoms with Gasteiger partial charge in [-0.05, 0) is 37.7 Å². The van der Waals surface area contributed by atoms with Gasteiger partial charge >= 0.3 is 0 Å². The van der Waals surface area contributed by atoms with Gasteiger partial charge in [0, 0.05) is 18.3 Å². The van der Waals surface area contributed by atoms with Crippen molar-refractivity contribution in [3.8, 4) is 0 Å². The van der Waals surface area contributed by atoms with Crippen LogP contribution in [0.3, 0.4) is 0 Å². The van der Waals surface area contributed by atoms with E-state index in [1.165, 1.54) is 16.8 Å². The maximum absolute atomic E-state index is 4.41. The van der Waals surface area contributed by atoms with Crippen molar-refractivity contribution >= 4 is 0 Å². The van der Waals surface area contributed by atoms with Crippen LogP contribution in [0.5, 0.6) is 0 Å². The first-order valence-corrected chi connectivity index (χ1v) is 8.15. The summed E-state index contributed by atoms with van der Waals surface area (Å²) in [6.07, 6.45) is 3.28. The largest absolute Gasteiger partial charge is 0.368 e. The second kappa shape index (κ2) is 8.71. The molecule has 2 unspecified atom stereocenters. The fraction of sp³-hybridized carbons (Fsp3) is 0.500. The molecule has 1 heteroatoms. The van der Waals surface area contributed by atoms with E-state index in [0.29, 0.717) is 12.0 Å². The minimum atomic E-state index is 0.413. The van der Waals surface area contributed by atoms with Crippen molar-refractivity contribution in [1.82, 2.24) is 4.90 Å². The zero-order valence-electron chi connectivity index (χ0n) is 14.2. The predicted octanol–water partition coefficient (Wildman–Crippen LogP) is 5.45. The summed E-state index contributed by atoms with van der Waals surface area (Å²) in [6, 6.07) is 11.1. The Labute approximate surface area is 131 Å². The summed E-state index contributed by atoms with van der Waals surface area (Å²) in [5.74, 6) is 0.451. The van der Waals surface area contributed by atoms with Crippen LogP contribution in [0.1, 0.15) is 46.1 Å². The monoisotopic (exact) mass is 285 g/mol. The molecule has 2 atom stereocenters. The molecule has 1 aromatic rings. The fourth-order valence-corrected chi connectivity index (χ4v) is 2.94. The summed E-state index contributed by atoms with van der Waals surface area (Å²) in [7, 11) is 0. The smallest absolute Gasteiger partial charge is 0.0491 e. The molecule has 116 valence electrons. The number of hydrogen-bond donors (Lipinski definition) is 0. The predicted molar refractivity (Wildman–Crippen MR) is 94.3 cm³/mol. The van der Waals surface area contributed by atoms with Crippen LogP contribution in [-0.4, -0.2) is 17.5 Å². The molecule has 0 fully saturated rings. The third kappa shape index (κ3) is 5.08. The first-order valence-electron chi connectivity index (χ1n) is 8.15. The molecule has 0 spiro atoms. The first-order chi connectivity index (χ1) is 10.0. The highest BCUT2D eigenvalue weighted by molar-refractivity contribution is 5.18. The van der Waals surface area contributed by atoms with Crippen molar-refractivity contribution in [1.29, 1.82) is 0 Å². The van der Waals surface area contributed by atoms with Crippen LogP contribution < -0.4 is 0 Å². The van der Waals surface area contributed by atoms with Gasteiger partial charge in [0.05, 0.1) is 0 Å². The van der Waals surface area contributed by atoms with Crippen LogP contribution in [0.4, 0.5) is 0 Å². The lowest BCUT2D eigenvalue weighted by molar-refractivity contribution is 0.249. The van der Waals surface area contributed by atoms with Crippen LogP contribution in [0.15, 0.2) is 54.8 Å². The van der Waals surface area contributed by atoms with Gasteiger partial charge in [-0.3, -0.25) is 0 Å². The minimum Gasteiger partial charge on any atom is -0.368 e. The molecule has 0 aliphatic rings. The molecule has 0 saturated heterocycles. The van der Waals surface area contributed by atoms with Crippen molar-refractivity contribution in [2.75, 3.05) is 6.54 Å². The van der Waals surface area contributed by atoms with E-state index in [2.05, 4.69) is 76.1 Å². The Bertz CT molecular complexity index is 446. The summed E-state index contributed by atoms with van der Waals surface area (Å²) in [5, 5.41) is 0. The van der Waals surface area contributed by atoms with Crippen molar-refractivity contribution in [2.45, 2.75) is 53.0 Å². The summed E-state index contributed by atoms with van der Waals surface area (Å²) in [6.45, 7) is 18.5. The van der Waals surface area contributed by atoms with Gasteiger partial charge in [-0.2, -0.15) is 0 Å². The van der Waals surface area contributed by atoms with E-state index >= 15 is 0 Å². The van der Waals surface area contributed by atoms with Crippen molar-refractivity contribution in [2.24, 2.45) is 5.92 Å². The average molecular weight is 285 g/mol. The highest BCUT2D eigenvalue weighted by atomic mass is 15.2. The molecule has 0 amide bonds. The van der Waals surface area contributed by atoms with Gasteiger partial charge in [-0.15, -0.1) is 0 Å². The van der Waals surface area contributed by atoms with Gasteiger partial charge < -0.3 is 4.90 Å². The topological polar surface area (TPSA) is 3.24 Å². The second-order valence-electron chi connectivity index (χ2n) is 6.05. The summed E-state index contributed by atoms with van der Waals surface area (Å²) in [4.78, 5) is 2.47. The Kier molecular flexibility index (Phi) is 7.28. The quantitative estimate of drug-likeness (QED) is 0.546. The number of nitrogens with zero attached hydrogens (tertiary/aromatic N) is 1. The van der Waals surface area contributed by atoms with Crippen LogP contribution in [-0.2, 0) is 6.42 Å². The maximum atomic E-state index is 4.41. The van der Waals surface area contributed by atoms with Crippen LogP contribution in [0, 0.1) is 5.92 Å². The number of allylic oxidation sites excluding steroid dienone is 1. The maximum Gasteiger partial charge on any atom is 0.0491 e. The second-order valence-corrected chi connectivity index (χ2v) is 6.05. The molecule has 0 saturated carbocycles. The summed E-state index contributed by atoms with van der Waals surface area (Å²) >= 11 is 0. The van der Waals surface area contributed by atoms with Crippen LogP contribution in [0.2, 0.25) is 0 Å². The van der Waals surface area contributed by atoms with Crippen molar-refractivity contribution in [3.05, 3.63) is 60.3 Å². The molecule has 0 heterocycles. The first kappa shape index (κ1) is 17.6. The van der Waals surface area contributed by atoms with Gasteiger partial charge in [-0.25, -0.2) is 0 Å². The highest BCUT2D eigenvalue weighted by Gasteiger charge is 2.21. The number of rotatable bonds is 9.